The first kappa shape index (κ1) is 19.2. The summed E-state index contributed by atoms with van der Waals surface area (Å²) in [6.07, 6.45) is -1.40. The lowest BCUT2D eigenvalue weighted by molar-refractivity contribution is -0.297. The number of hydrogen-bond acceptors (Lipinski definition) is 3. The molecule has 4 nitrogen and oxygen atoms in total. The predicted octanol–water partition coefficient (Wildman–Crippen LogP) is 4.68. The van der Waals surface area contributed by atoms with Crippen molar-refractivity contribution in [3.63, 3.8) is 0 Å². The van der Waals surface area contributed by atoms with Crippen molar-refractivity contribution < 1.29 is 23.1 Å². The van der Waals surface area contributed by atoms with Crippen molar-refractivity contribution in [2.24, 2.45) is 11.0 Å². The van der Waals surface area contributed by atoms with Crippen LogP contribution in [0.25, 0.3) is 0 Å². The summed E-state index contributed by atoms with van der Waals surface area (Å²) in [5, 5.41) is 14.8. The third-order valence-electron chi connectivity index (χ3n) is 5.15. The van der Waals surface area contributed by atoms with Gasteiger partial charge in [-0.1, -0.05) is 36.9 Å². The normalized spacial score (nSPS) is 24.7. The molecule has 1 aromatic rings. The van der Waals surface area contributed by atoms with Crippen LogP contribution in [0.3, 0.4) is 0 Å². The molecule has 0 radical (unpaired) electrons. The highest BCUT2D eigenvalue weighted by molar-refractivity contribution is 6.31. The Morgan fingerprint density at radius 1 is 1.31 bits per heavy atom. The molecule has 142 valence electrons. The Hall–Kier alpha value is -1.60. The summed E-state index contributed by atoms with van der Waals surface area (Å²) >= 11 is 5.98. The Bertz CT molecular complexity index is 744. The minimum atomic E-state index is -5.02. The molecule has 0 saturated heterocycles. The second-order valence-electron chi connectivity index (χ2n) is 7.00. The average Bonchev–Trinajstić information content (AvgIpc) is 2.96. The summed E-state index contributed by atoms with van der Waals surface area (Å²) in [4.78, 5) is 12.7. The van der Waals surface area contributed by atoms with E-state index in [1.165, 1.54) is 12.1 Å². The number of carbonyl (C=O) groups excluding carboxylic acids is 1. The number of aryl methyl sites for hydroxylation is 1. The predicted molar refractivity (Wildman–Crippen MR) is 92.0 cm³/mol. The molecule has 1 atom stereocenters. The molecule has 0 aromatic heterocycles. The first-order chi connectivity index (χ1) is 12.1. The van der Waals surface area contributed by atoms with E-state index in [-0.39, 0.29) is 27.2 Å². The van der Waals surface area contributed by atoms with E-state index in [1.807, 2.05) is 0 Å². The highest BCUT2D eigenvalue weighted by Gasteiger charge is 2.63. The zero-order valence-corrected chi connectivity index (χ0v) is 15.1. The number of rotatable bonds is 2. The quantitative estimate of drug-likeness (QED) is 0.799. The highest BCUT2D eigenvalue weighted by Crippen LogP contribution is 2.43. The third-order valence-corrected chi connectivity index (χ3v) is 5.56. The number of nitrogens with zero attached hydrogens (tertiary/aromatic N) is 2. The van der Waals surface area contributed by atoms with Crippen LogP contribution in [-0.4, -0.2) is 33.6 Å². The molecule has 1 aliphatic carbocycles. The lowest BCUT2D eigenvalue weighted by atomic mass is 9.83. The summed E-state index contributed by atoms with van der Waals surface area (Å²) in [6.45, 7) is 1.72. The van der Waals surface area contributed by atoms with Crippen molar-refractivity contribution in [2.45, 2.75) is 57.3 Å². The van der Waals surface area contributed by atoms with E-state index in [9.17, 15) is 23.1 Å². The maximum atomic E-state index is 13.6. The first-order valence-corrected chi connectivity index (χ1v) is 8.98. The Kier molecular flexibility index (Phi) is 5.05. The van der Waals surface area contributed by atoms with Gasteiger partial charge in [-0.25, -0.2) is 0 Å². The molecule has 0 spiro atoms. The Morgan fingerprint density at radius 2 is 1.96 bits per heavy atom. The second-order valence-corrected chi connectivity index (χ2v) is 7.41. The average molecular weight is 389 g/mol. The third kappa shape index (κ3) is 3.34. The van der Waals surface area contributed by atoms with Crippen molar-refractivity contribution in [3.05, 3.63) is 34.3 Å². The lowest BCUT2D eigenvalue weighted by Crippen LogP contribution is -2.56. The number of benzene rings is 1. The Labute approximate surface area is 154 Å². The number of hydrogen-bond donors (Lipinski definition) is 1. The van der Waals surface area contributed by atoms with Gasteiger partial charge in [0.25, 0.3) is 11.6 Å². The van der Waals surface area contributed by atoms with Crippen LogP contribution in [0.4, 0.5) is 13.2 Å². The summed E-state index contributed by atoms with van der Waals surface area (Å²) in [5.41, 5.74) is -2.43. The summed E-state index contributed by atoms with van der Waals surface area (Å²) in [7, 11) is 0. The van der Waals surface area contributed by atoms with E-state index >= 15 is 0 Å². The van der Waals surface area contributed by atoms with Gasteiger partial charge in [-0.2, -0.15) is 23.3 Å². The minimum absolute atomic E-state index is 0.0445. The van der Waals surface area contributed by atoms with Crippen LogP contribution in [0.15, 0.2) is 23.3 Å². The van der Waals surface area contributed by atoms with Gasteiger partial charge in [-0.3, -0.25) is 4.79 Å². The topological polar surface area (TPSA) is 52.9 Å². The molecule has 8 heteroatoms. The van der Waals surface area contributed by atoms with Crippen LogP contribution < -0.4 is 0 Å². The molecule has 1 aliphatic heterocycles. The van der Waals surface area contributed by atoms with Crippen molar-refractivity contribution in [1.29, 1.82) is 0 Å². The fourth-order valence-corrected chi connectivity index (χ4v) is 3.70. The largest absolute Gasteiger partial charge is 0.438 e. The van der Waals surface area contributed by atoms with Gasteiger partial charge >= 0.3 is 6.18 Å². The van der Waals surface area contributed by atoms with Crippen molar-refractivity contribution in [2.75, 3.05) is 0 Å². The second kappa shape index (κ2) is 6.85. The Balaban J connectivity index is 1.97. The van der Waals surface area contributed by atoms with E-state index in [2.05, 4.69) is 5.10 Å². The molecule has 1 heterocycles. The summed E-state index contributed by atoms with van der Waals surface area (Å²) in [6, 6.07) is 4.22. The standard InChI is InChI=1S/C18H20ClF3N2O2/c1-11-7-8-13(9-14(11)19)16(25)24-17(26,18(20,21)22)10-15(23-24)12-5-3-2-4-6-12/h7-9,12,26H,2-6,10H2,1H3/t17-/m1/s1. The number of hydrazone groups is 1. The molecule has 1 saturated carbocycles. The molecule has 1 amide bonds. The maximum Gasteiger partial charge on any atom is 0.438 e. The van der Waals surface area contributed by atoms with Gasteiger partial charge in [0.05, 0.1) is 0 Å². The molecule has 1 fully saturated rings. The number of carbonyl (C=O) groups is 1. The SMILES string of the molecule is Cc1ccc(C(=O)N2N=C(C3CCCCC3)C[C@@]2(O)C(F)(F)F)cc1Cl. The van der Waals surface area contributed by atoms with Gasteiger partial charge in [0.15, 0.2) is 0 Å². The van der Waals surface area contributed by atoms with E-state index in [0.717, 1.165) is 32.1 Å². The number of amides is 1. The van der Waals surface area contributed by atoms with Gasteiger partial charge < -0.3 is 5.11 Å². The summed E-state index contributed by atoms with van der Waals surface area (Å²) < 4.78 is 40.8. The fourth-order valence-electron chi connectivity index (χ4n) is 3.52. The van der Waals surface area contributed by atoms with Crippen LogP contribution >= 0.6 is 11.6 Å². The molecule has 1 N–H and O–H groups in total. The van der Waals surface area contributed by atoms with Crippen molar-refractivity contribution in [3.8, 4) is 0 Å². The smallest absolute Gasteiger partial charge is 0.362 e. The minimum Gasteiger partial charge on any atom is -0.362 e. The van der Waals surface area contributed by atoms with Crippen molar-refractivity contribution in [1.82, 2.24) is 5.01 Å². The highest BCUT2D eigenvalue weighted by atomic mass is 35.5. The monoisotopic (exact) mass is 388 g/mol. The van der Waals surface area contributed by atoms with Gasteiger partial charge in [-0.15, -0.1) is 0 Å². The first-order valence-electron chi connectivity index (χ1n) is 8.60. The van der Waals surface area contributed by atoms with Crippen LogP contribution in [0.1, 0.15) is 54.4 Å². The lowest BCUT2D eigenvalue weighted by Gasteiger charge is -2.32. The fraction of sp³-hybridized carbons (Fsp3) is 0.556. The summed E-state index contributed by atoms with van der Waals surface area (Å²) in [5.74, 6) is -1.14. The van der Waals surface area contributed by atoms with Crippen LogP contribution in [-0.2, 0) is 0 Å². The van der Waals surface area contributed by atoms with E-state index in [1.54, 1.807) is 13.0 Å². The molecule has 26 heavy (non-hydrogen) atoms. The maximum absolute atomic E-state index is 13.6. The number of alkyl halides is 3. The van der Waals surface area contributed by atoms with E-state index in [0.29, 0.717) is 5.56 Å². The molecule has 1 aromatic carbocycles. The van der Waals surface area contributed by atoms with Crippen LogP contribution in [0.5, 0.6) is 0 Å². The zero-order valence-electron chi connectivity index (χ0n) is 14.3. The Morgan fingerprint density at radius 3 is 2.54 bits per heavy atom. The zero-order chi connectivity index (χ0) is 19.1. The number of aliphatic hydroxyl groups is 1. The molecule has 2 aliphatic rings. The number of halogens is 4. The van der Waals surface area contributed by atoms with E-state index < -0.39 is 24.2 Å². The van der Waals surface area contributed by atoms with Crippen LogP contribution in [0, 0.1) is 12.8 Å². The van der Waals surface area contributed by atoms with Gasteiger partial charge in [0, 0.05) is 22.7 Å². The molecular formula is C18H20ClF3N2O2. The van der Waals surface area contributed by atoms with E-state index in [4.69, 9.17) is 11.6 Å². The van der Waals surface area contributed by atoms with Gasteiger partial charge in [-0.05, 0) is 43.4 Å². The van der Waals surface area contributed by atoms with Crippen molar-refractivity contribution >= 4 is 23.2 Å². The molecular weight excluding hydrogens is 369 g/mol. The van der Waals surface area contributed by atoms with Gasteiger partial charge in [0.1, 0.15) is 0 Å². The molecule has 0 unspecified atom stereocenters. The molecule has 0 bridgehead atoms. The molecule has 3 rings (SSSR count). The van der Waals surface area contributed by atoms with Gasteiger partial charge in [0.2, 0.25) is 0 Å². The van der Waals surface area contributed by atoms with Crippen LogP contribution in [0.2, 0.25) is 5.02 Å².